The van der Waals surface area contributed by atoms with E-state index in [0.717, 1.165) is 43.9 Å². The molecule has 35 heavy (non-hydrogen) atoms. The van der Waals surface area contributed by atoms with Crippen LogP contribution in [0.15, 0.2) is 42.1 Å². The predicted octanol–water partition coefficient (Wildman–Crippen LogP) is 4.82. The Morgan fingerprint density at radius 1 is 1.17 bits per heavy atom. The molecular formula is C27H28F4N2O2. The summed E-state index contributed by atoms with van der Waals surface area (Å²) >= 11 is 0. The van der Waals surface area contributed by atoms with Crippen molar-refractivity contribution in [2.24, 2.45) is 11.3 Å². The van der Waals surface area contributed by atoms with Crippen LogP contribution in [0.2, 0.25) is 0 Å². The summed E-state index contributed by atoms with van der Waals surface area (Å²) in [6.45, 7) is 0.333. The highest BCUT2D eigenvalue weighted by Crippen LogP contribution is 2.57. The van der Waals surface area contributed by atoms with Gasteiger partial charge in [-0.25, -0.2) is 13.2 Å². The van der Waals surface area contributed by atoms with Crippen molar-refractivity contribution in [1.82, 2.24) is 10.2 Å². The Morgan fingerprint density at radius 2 is 1.89 bits per heavy atom. The summed E-state index contributed by atoms with van der Waals surface area (Å²) in [5, 5.41) is 13.9. The lowest BCUT2D eigenvalue weighted by Crippen LogP contribution is -2.40. The zero-order valence-corrected chi connectivity index (χ0v) is 19.2. The Bertz CT molecular complexity index is 1140. The third-order valence-electron chi connectivity index (χ3n) is 7.34. The number of hydrogen-bond acceptors (Lipinski definition) is 3. The van der Waals surface area contributed by atoms with Crippen LogP contribution in [0.1, 0.15) is 37.7 Å². The number of likely N-dealkylation sites (tertiary alicyclic amines) is 1. The lowest BCUT2D eigenvalue weighted by atomic mass is 9.96. The second kappa shape index (κ2) is 9.39. The molecule has 2 N–H and O–H groups in total. The Labute approximate surface area is 201 Å². The van der Waals surface area contributed by atoms with E-state index in [4.69, 9.17) is 0 Å². The predicted molar refractivity (Wildman–Crippen MR) is 124 cm³/mol. The molecule has 1 saturated heterocycles. The van der Waals surface area contributed by atoms with Crippen LogP contribution >= 0.6 is 0 Å². The fourth-order valence-corrected chi connectivity index (χ4v) is 5.10. The molecule has 2 atom stereocenters. The number of aliphatic hydroxyl groups excluding tert-OH is 1. The van der Waals surface area contributed by atoms with Gasteiger partial charge in [0, 0.05) is 34.9 Å². The quantitative estimate of drug-likeness (QED) is 0.414. The molecule has 8 heteroatoms. The number of alkyl halides is 1. The number of hydrogen-bond donors (Lipinski definition) is 2. The summed E-state index contributed by atoms with van der Waals surface area (Å²) in [5.41, 5.74) is 0.582. The summed E-state index contributed by atoms with van der Waals surface area (Å²) in [5.74, 6) is -2.74. The van der Waals surface area contributed by atoms with Gasteiger partial charge in [-0.3, -0.25) is 9.18 Å². The van der Waals surface area contributed by atoms with Gasteiger partial charge in [0.1, 0.15) is 23.6 Å². The minimum absolute atomic E-state index is 0.0368. The topological polar surface area (TPSA) is 52.6 Å². The van der Waals surface area contributed by atoms with Gasteiger partial charge in [-0.2, -0.15) is 0 Å². The average Bonchev–Trinajstić information content (AvgIpc) is 3.74. The number of carbonyl (C=O) groups is 1. The van der Waals surface area contributed by atoms with Crippen molar-refractivity contribution in [1.29, 1.82) is 0 Å². The van der Waals surface area contributed by atoms with Crippen LogP contribution in [0.25, 0.3) is 17.2 Å². The Hall–Kier alpha value is -2.71. The van der Waals surface area contributed by atoms with Crippen molar-refractivity contribution in [2.45, 2.75) is 44.2 Å². The van der Waals surface area contributed by atoms with Crippen LogP contribution < -0.4 is 5.32 Å². The maximum Gasteiger partial charge on any atom is 0.255 e. The maximum absolute atomic E-state index is 15.6. The lowest BCUT2D eigenvalue weighted by Gasteiger charge is -2.24. The Balaban J connectivity index is 1.55. The number of halogens is 4. The molecule has 3 aliphatic rings. The number of nitrogens with zero attached hydrogens (tertiary/aromatic N) is 1. The van der Waals surface area contributed by atoms with Crippen LogP contribution in [-0.2, 0) is 4.79 Å². The Kier molecular flexibility index (Phi) is 6.44. The van der Waals surface area contributed by atoms with Crippen molar-refractivity contribution in [3.05, 3.63) is 65.1 Å². The molecule has 2 saturated carbocycles. The minimum atomic E-state index is -1.11. The summed E-state index contributed by atoms with van der Waals surface area (Å²) in [6, 6.07) is 7.14. The van der Waals surface area contributed by atoms with Crippen LogP contribution in [0, 0.1) is 28.8 Å². The van der Waals surface area contributed by atoms with Crippen molar-refractivity contribution >= 4 is 12.0 Å². The van der Waals surface area contributed by atoms with Crippen molar-refractivity contribution in [3.8, 4) is 11.1 Å². The molecule has 0 unspecified atom stereocenters. The molecule has 5 rings (SSSR count). The number of carbonyl (C=O) groups excluding carboxylic acids is 1. The van der Waals surface area contributed by atoms with E-state index in [1.54, 1.807) is 17.0 Å². The summed E-state index contributed by atoms with van der Waals surface area (Å²) in [6.07, 6.45) is 4.11. The van der Waals surface area contributed by atoms with E-state index >= 15 is 4.39 Å². The number of nitrogens with one attached hydrogen (secondary N) is 1. The lowest BCUT2D eigenvalue weighted by molar-refractivity contribution is -0.138. The first-order valence-electron chi connectivity index (χ1n) is 12.1. The zero-order chi connectivity index (χ0) is 24.7. The standard InChI is InChI=1S/C27H28F4N2O2/c28-9-2-10-32-25-22(33(15-27(25)7-8-27)26(35)24(34)16-5-6-16)13-17-3-1-4-21(23(17)31)18-11-19(29)14-20(30)12-18/h1,3-4,11-14,16,24-25,32,34H,2,5-10,15H2/b22-13+/t24-,25+/m0/s1. The van der Waals surface area contributed by atoms with Crippen molar-refractivity contribution in [2.75, 3.05) is 19.8 Å². The number of amides is 1. The van der Waals surface area contributed by atoms with Gasteiger partial charge < -0.3 is 15.3 Å². The van der Waals surface area contributed by atoms with E-state index in [-0.39, 0.29) is 34.1 Å². The molecule has 186 valence electrons. The SMILES string of the molecule is O=C([C@@H](O)C1CC1)N1CC2(CC2)[C@H](NCCCF)/C1=C\c1cccc(-c2cc(F)cc(F)c2)c1F. The van der Waals surface area contributed by atoms with Gasteiger partial charge in [0.25, 0.3) is 5.91 Å². The highest BCUT2D eigenvalue weighted by atomic mass is 19.1. The first-order chi connectivity index (χ1) is 16.8. The van der Waals surface area contributed by atoms with Crippen molar-refractivity contribution < 1.29 is 27.5 Å². The molecule has 0 radical (unpaired) electrons. The van der Waals surface area contributed by atoms with Crippen LogP contribution in [0.4, 0.5) is 17.6 Å². The third kappa shape index (κ3) is 4.74. The highest BCUT2D eigenvalue weighted by Gasteiger charge is 2.59. The highest BCUT2D eigenvalue weighted by molar-refractivity contribution is 5.85. The van der Waals surface area contributed by atoms with Gasteiger partial charge in [-0.05, 0) is 68.3 Å². The molecule has 2 aromatic rings. The number of aliphatic hydroxyl groups is 1. The van der Waals surface area contributed by atoms with E-state index in [0.29, 0.717) is 25.2 Å². The van der Waals surface area contributed by atoms with E-state index in [2.05, 4.69) is 5.32 Å². The van der Waals surface area contributed by atoms with E-state index in [1.165, 1.54) is 12.1 Å². The van der Waals surface area contributed by atoms with Gasteiger partial charge in [0.2, 0.25) is 0 Å². The molecule has 2 aromatic carbocycles. The maximum atomic E-state index is 15.6. The number of rotatable bonds is 8. The molecule has 1 spiro atoms. The van der Waals surface area contributed by atoms with E-state index in [9.17, 15) is 23.1 Å². The van der Waals surface area contributed by atoms with Gasteiger partial charge in [-0.1, -0.05) is 18.2 Å². The molecule has 4 nitrogen and oxygen atoms in total. The molecule has 0 aromatic heterocycles. The van der Waals surface area contributed by atoms with Gasteiger partial charge in [0.15, 0.2) is 0 Å². The van der Waals surface area contributed by atoms with E-state index in [1.807, 2.05) is 0 Å². The van der Waals surface area contributed by atoms with Crippen LogP contribution in [0.5, 0.6) is 0 Å². The van der Waals surface area contributed by atoms with Crippen LogP contribution in [0.3, 0.4) is 0 Å². The molecule has 3 fully saturated rings. The monoisotopic (exact) mass is 488 g/mol. The van der Waals surface area contributed by atoms with E-state index < -0.39 is 36.1 Å². The molecule has 1 aliphatic heterocycles. The van der Waals surface area contributed by atoms with Gasteiger partial charge in [-0.15, -0.1) is 0 Å². The second-order valence-electron chi connectivity index (χ2n) is 9.93. The fourth-order valence-electron chi connectivity index (χ4n) is 5.10. The molecular weight excluding hydrogens is 460 g/mol. The summed E-state index contributed by atoms with van der Waals surface area (Å²) in [4.78, 5) is 14.8. The summed E-state index contributed by atoms with van der Waals surface area (Å²) in [7, 11) is 0. The third-order valence-corrected chi connectivity index (χ3v) is 7.34. The molecule has 1 heterocycles. The zero-order valence-electron chi connectivity index (χ0n) is 19.2. The fraction of sp³-hybridized carbons (Fsp3) is 0.444. The smallest absolute Gasteiger partial charge is 0.255 e. The van der Waals surface area contributed by atoms with Crippen LogP contribution in [-0.4, -0.2) is 47.8 Å². The Morgan fingerprint density at radius 3 is 2.51 bits per heavy atom. The first kappa shape index (κ1) is 24.0. The summed E-state index contributed by atoms with van der Waals surface area (Å²) < 4.78 is 56.0. The average molecular weight is 489 g/mol. The molecule has 1 amide bonds. The van der Waals surface area contributed by atoms with Gasteiger partial charge >= 0.3 is 0 Å². The largest absolute Gasteiger partial charge is 0.383 e. The first-order valence-corrected chi connectivity index (χ1v) is 12.1. The van der Waals surface area contributed by atoms with Gasteiger partial charge in [0.05, 0.1) is 12.7 Å². The number of benzene rings is 2. The second-order valence-corrected chi connectivity index (χ2v) is 9.93. The molecule has 2 aliphatic carbocycles. The molecule has 0 bridgehead atoms. The van der Waals surface area contributed by atoms with Crippen molar-refractivity contribution in [3.63, 3.8) is 0 Å². The normalized spacial score (nSPS) is 22.7. The minimum Gasteiger partial charge on any atom is -0.383 e.